The van der Waals surface area contributed by atoms with E-state index in [1.807, 2.05) is 0 Å². The third kappa shape index (κ3) is 2.43. The maximum absolute atomic E-state index is 13.4. The van der Waals surface area contributed by atoms with Crippen molar-refractivity contribution < 1.29 is 9.18 Å². The van der Waals surface area contributed by atoms with Gasteiger partial charge in [-0.2, -0.15) is 5.10 Å². The molecule has 3 rings (SSSR count). The van der Waals surface area contributed by atoms with Crippen LogP contribution in [0, 0.1) is 23.6 Å². The van der Waals surface area contributed by atoms with E-state index >= 15 is 0 Å². The Bertz CT molecular complexity index is 553. The number of hydrogen-bond donors (Lipinski definition) is 1. The summed E-state index contributed by atoms with van der Waals surface area (Å²) in [4.78, 5) is 11.7. The van der Waals surface area contributed by atoms with Crippen LogP contribution < -0.4 is 5.43 Å². The van der Waals surface area contributed by atoms with Gasteiger partial charge in [-0.1, -0.05) is 24.3 Å². The molecule has 2 aliphatic carbocycles. The third-order valence-corrected chi connectivity index (χ3v) is 3.88. The highest BCUT2D eigenvalue weighted by Gasteiger charge is 2.34. The van der Waals surface area contributed by atoms with Gasteiger partial charge in [0.05, 0.1) is 5.56 Å². The van der Waals surface area contributed by atoms with Gasteiger partial charge in [0.2, 0.25) is 0 Å². The fraction of sp³-hybridized carbons (Fsp3) is 0.333. The van der Waals surface area contributed by atoms with Gasteiger partial charge >= 0.3 is 0 Å². The van der Waals surface area contributed by atoms with Gasteiger partial charge in [0.25, 0.3) is 5.91 Å². The summed E-state index contributed by atoms with van der Waals surface area (Å²) < 4.78 is 13.4. The van der Waals surface area contributed by atoms with E-state index in [1.54, 1.807) is 18.3 Å². The lowest BCUT2D eigenvalue weighted by Crippen LogP contribution is -2.20. The highest BCUT2D eigenvalue weighted by molar-refractivity contribution is 5.94. The number of amides is 1. The van der Waals surface area contributed by atoms with Crippen molar-refractivity contribution >= 4 is 12.1 Å². The zero-order chi connectivity index (χ0) is 13.2. The van der Waals surface area contributed by atoms with Crippen LogP contribution in [-0.4, -0.2) is 12.1 Å². The van der Waals surface area contributed by atoms with Crippen molar-refractivity contribution in [1.82, 2.24) is 5.43 Å². The van der Waals surface area contributed by atoms with Crippen molar-refractivity contribution in [2.75, 3.05) is 0 Å². The van der Waals surface area contributed by atoms with E-state index in [0.717, 1.165) is 6.42 Å². The predicted octanol–water partition coefficient (Wildman–Crippen LogP) is 2.75. The van der Waals surface area contributed by atoms with Crippen molar-refractivity contribution in [2.24, 2.45) is 22.9 Å². The van der Waals surface area contributed by atoms with Crippen LogP contribution in [0.3, 0.4) is 0 Å². The van der Waals surface area contributed by atoms with Gasteiger partial charge in [-0.05, 0) is 36.8 Å². The van der Waals surface area contributed by atoms with E-state index in [4.69, 9.17) is 0 Å². The molecule has 0 aliphatic heterocycles. The van der Waals surface area contributed by atoms with Crippen LogP contribution in [0.2, 0.25) is 0 Å². The summed E-state index contributed by atoms with van der Waals surface area (Å²) in [6.45, 7) is 0. The molecule has 19 heavy (non-hydrogen) atoms. The Balaban J connectivity index is 1.59. The number of rotatable bonds is 3. The first-order valence-corrected chi connectivity index (χ1v) is 6.50. The van der Waals surface area contributed by atoms with Gasteiger partial charge in [0, 0.05) is 12.1 Å². The summed E-state index contributed by atoms with van der Waals surface area (Å²) in [6.07, 6.45) is 8.56. The van der Waals surface area contributed by atoms with Crippen molar-refractivity contribution in [2.45, 2.75) is 12.8 Å². The number of allylic oxidation sites excluding steroid dienone is 2. The van der Waals surface area contributed by atoms with Gasteiger partial charge in [-0.15, -0.1) is 0 Å². The second-order valence-corrected chi connectivity index (χ2v) is 5.14. The Kier molecular flexibility index (Phi) is 3.15. The van der Waals surface area contributed by atoms with E-state index < -0.39 is 11.7 Å². The molecule has 1 fully saturated rings. The summed E-state index contributed by atoms with van der Waals surface area (Å²) in [5, 5.41) is 3.96. The Morgan fingerprint density at radius 3 is 2.84 bits per heavy atom. The molecule has 0 radical (unpaired) electrons. The maximum Gasteiger partial charge on any atom is 0.274 e. The molecule has 4 heteroatoms. The van der Waals surface area contributed by atoms with Crippen LogP contribution in [0.4, 0.5) is 4.39 Å². The number of nitrogens with one attached hydrogen (secondary N) is 1. The maximum atomic E-state index is 13.4. The quantitative estimate of drug-likeness (QED) is 0.505. The molecule has 1 N–H and O–H groups in total. The Morgan fingerprint density at radius 2 is 2.16 bits per heavy atom. The van der Waals surface area contributed by atoms with Crippen LogP contribution in [0.5, 0.6) is 0 Å². The average Bonchev–Trinajstić information content (AvgIpc) is 3.01. The molecule has 0 heterocycles. The minimum atomic E-state index is -0.530. The van der Waals surface area contributed by atoms with Crippen molar-refractivity contribution in [3.05, 3.63) is 47.8 Å². The number of hydrazone groups is 1. The van der Waals surface area contributed by atoms with Crippen molar-refractivity contribution in [1.29, 1.82) is 0 Å². The first-order chi connectivity index (χ1) is 9.24. The fourth-order valence-corrected chi connectivity index (χ4v) is 2.89. The smallest absolute Gasteiger partial charge is 0.267 e. The van der Waals surface area contributed by atoms with Crippen molar-refractivity contribution in [3.8, 4) is 0 Å². The molecule has 1 amide bonds. The van der Waals surface area contributed by atoms with Gasteiger partial charge in [-0.3, -0.25) is 4.79 Å². The first kappa shape index (κ1) is 12.1. The van der Waals surface area contributed by atoms with Gasteiger partial charge in [0.1, 0.15) is 5.82 Å². The summed E-state index contributed by atoms with van der Waals surface area (Å²) in [6, 6.07) is 5.89. The van der Waals surface area contributed by atoms with E-state index in [1.165, 1.54) is 18.6 Å². The molecule has 1 aromatic carbocycles. The molecule has 3 nitrogen and oxygen atoms in total. The van der Waals surface area contributed by atoms with E-state index in [2.05, 4.69) is 22.7 Å². The van der Waals surface area contributed by atoms with Gasteiger partial charge in [-0.25, -0.2) is 9.82 Å². The number of nitrogens with zero attached hydrogens (tertiary/aromatic N) is 1. The second kappa shape index (κ2) is 4.96. The van der Waals surface area contributed by atoms with Gasteiger partial charge in [0.15, 0.2) is 0 Å². The van der Waals surface area contributed by atoms with Gasteiger partial charge < -0.3 is 0 Å². The Morgan fingerprint density at radius 1 is 1.32 bits per heavy atom. The molecule has 1 aromatic rings. The van der Waals surface area contributed by atoms with Crippen LogP contribution in [0.15, 0.2) is 41.5 Å². The van der Waals surface area contributed by atoms with E-state index in [0.29, 0.717) is 17.8 Å². The highest BCUT2D eigenvalue weighted by atomic mass is 19.1. The SMILES string of the molecule is O=C(N/N=C/C1CC2C=CC1C2)c1ccccc1F. The topological polar surface area (TPSA) is 41.5 Å². The van der Waals surface area contributed by atoms with Crippen LogP contribution in [0.1, 0.15) is 23.2 Å². The summed E-state index contributed by atoms with van der Waals surface area (Å²) in [7, 11) is 0. The van der Waals surface area contributed by atoms with E-state index in [9.17, 15) is 9.18 Å². The molecule has 98 valence electrons. The zero-order valence-electron chi connectivity index (χ0n) is 10.4. The lowest BCUT2D eigenvalue weighted by Gasteiger charge is -2.11. The standard InChI is InChI=1S/C15H15FN2O/c16-14-4-2-1-3-13(14)15(19)18-17-9-12-8-10-5-6-11(12)7-10/h1-6,9-12H,7-8H2,(H,18,19)/b17-9+. The summed E-state index contributed by atoms with van der Waals surface area (Å²) in [5.74, 6) is 0.588. The molecule has 1 saturated carbocycles. The average molecular weight is 258 g/mol. The molecule has 2 aliphatic rings. The Labute approximate surface area is 111 Å². The summed E-state index contributed by atoms with van der Waals surface area (Å²) >= 11 is 0. The first-order valence-electron chi connectivity index (χ1n) is 6.50. The second-order valence-electron chi connectivity index (χ2n) is 5.14. The zero-order valence-corrected chi connectivity index (χ0v) is 10.4. The lowest BCUT2D eigenvalue weighted by molar-refractivity contribution is 0.0951. The number of benzene rings is 1. The van der Waals surface area contributed by atoms with Crippen LogP contribution >= 0.6 is 0 Å². The van der Waals surface area contributed by atoms with Crippen molar-refractivity contribution in [3.63, 3.8) is 0 Å². The number of carbonyl (C=O) groups excluding carboxylic acids is 1. The Hall–Kier alpha value is -1.97. The number of halogens is 1. The van der Waals surface area contributed by atoms with E-state index in [-0.39, 0.29) is 5.56 Å². The number of carbonyl (C=O) groups is 1. The molecule has 2 bridgehead atoms. The molecule has 0 spiro atoms. The fourth-order valence-electron chi connectivity index (χ4n) is 2.89. The normalized spacial score (nSPS) is 28.2. The van der Waals surface area contributed by atoms with Crippen LogP contribution in [-0.2, 0) is 0 Å². The molecular weight excluding hydrogens is 243 g/mol. The predicted molar refractivity (Wildman–Crippen MR) is 71.2 cm³/mol. The molecular formula is C15H15FN2O. The minimum absolute atomic E-state index is 0.0208. The minimum Gasteiger partial charge on any atom is -0.267 e. The third-order valence-electron chi connectivity index (χ3n) is 3.88. The monoisotopic (exact) mass is 258 g/mol. The number of hydrogen-bond acceptors (Lipinski definition) is 2. The highest BCUT2D eigenvalue weighted by Crippen LogP contribution is 2.42. The largest absolute Gasteiger partial charge is 0.274 e. The summed E-state index contributed by atoms with van der Waals surface area (Å²) in [5.41, 5.74) is 2.41. The van der Waals surface area contributed by atoms with Crippen LogP contribution in [0.25, 0.3) is 0 Å². The lowest BCUT2D eigenvalue weighted by atomic mass is 9.95. The molecule has 0 aromatic heterocycles. The molecule has 0 saturated heterocycles. The molecule has 3 atom stereocenters. The molecule has 3 unspecified atom stereocenters. The number of fused-ring (bicyclic) bond motifs is 2.